The molecule has 0 aromatic heterocycles. The maximum Gasteiger partial charge on any atom is 0.253 e. The predicted molar refractivity (Wildman–Crippen MR) is 72.0 cm³/mol. The molecule has 0 aromatic carbocycles. The second-order valence-corrected chi connectivity index (χ2v) is 6.47. The van der Waals surface area contributed by atoms with Gasteiger partial charge in [-0.25, -0.2) is 0 Å². The summed E-state index contributed by atoms with van der Waals surface area (Å²) in [6.45, 7) is 3.57. The molecule has 0 aromatic rings. The minimum absolute atomic E-state index is 0.0709. The van der Waals surface area contributed by atoms with Gasteiger partial charge in [0.1, 0.15) is 5.60 Å². The van der Waals surface area contributed by atoms with Crippen LogP contribution in [0.3, 0.4) is 0 Å². The monoisotopic (exact) mass is 302 g/mol. The molecule has 22 heavy (non-hydrogen) atoms. The van der Waals surface area contributed by atoms with Gasteiger partial charge in [0.05, 0.1) is 24.0 Å². The molecule has 1 N–H and O–H groups in total. The maximum atomic E-state index is 12.1. The Hall–Kier alpha value is -2.28. The number of hydrogen-bond acceptors (Lipinski definition) is 5. The summed E-state index contributed by atoms with van der Waals surface area (Å²) in [7, 11) is 0. The molecule has 2 bridgehead atoms. The van der Waals surface area contributed by atoms with E-state index in [4.69, 9.17) is 4.74 Å². The molecule has 114 valence electrons. The standard InChI is InChI=1S/C15H14N2O5/c1-14-5-7(6-17-8(18)3-4-9(17)19)15(2,22-14)11-10(14)12(20)16-13(11)21/h3-5,10-11H,6H2,1-2H3,(H,16,20,21)/t10-,11+,14?,15?/m0/s1. The molecule has 7 heteroatoms. The van der Waals surface area contributed by atoms with Crippen molar-refractivity contribution in [2.45, 2.75) is 25.0 Å². The first-order valence-corrected chi connectivity index (χ1v) is 7.07. The van der Waals surface area contributed by atoms with Gasteiger partial charge in [0, 0.05) is 12.2 Å². The van der Waals surface area contributed by atoms with Crippen LogP contribution in [0.15, 0.2) is 23.8 Å². The van der Waals surface area contributed by atoms with Crippen LogP contribution in [0.4, 0.5) is 0 Å². The Morgan fingerprint density at radius 1 is 1.09 bits per heavy atom. The van der Waals surface area contributed by atoms with Gasteiger partial charge < -0.3 is 4.74 Å². The zero-order valence-electron chi connectivity index (χ0n) is 12.1. The van der Waals surface area contributed by atoms with Gasteiger partial charge in [-0.2, -0.15) is 0 Å². The van der Waals surface area contributed by atoms with E-state index in [2.05, 4.69) is 5.32 Å². The van der Waals surface area contributed by atoms with Crippen molar-refractivity contribution in [2.75, 3.05) is 6.54 Å². The highest BCUT2D eigenvalue weighted by atomic mass is 16.5. The van der Waals surface area contributed by atoms with E-state index in [1.807, 2.05) is 0 Å². The van der Waals surface area contributed by atoms with E-state index >= 15 is 0 Å². The Morgan fingerprint density at radius 3 is 2.32 bits per heavy atom. The van der Waals surface area contributed by atoms with E-state index in [-0.39, 0.29) is 30.2 Å². The van der Waals surface area contributed by atoms with Crippen LogP contribution in [0, 0.1) is 11.8 Å². The highest BCUT2D eigenvalue weighted by Crippen LogP contribution is 2.58. The number of ether oxygens (including phenoxy) is 1. The highest BCUT2D eigenvalue weighted by molar-refractivity contribution is 6.13. The topological polar surface area (TPSA) is 92.8 Å². The Morgan fingerprint density at radius 2 is 1.68 bits per heavy atom. The number of amides is 4. The van der Waals surface area contributed by atoms with Crippen LogP contribution in [-0.2, 0) is 23.9 Å². The number of nitrogens with one attached hydrogen (secondary N) is 1. The van der Waals surface area contributed by atoms with Crippen molar-refractivity contribution in [3.63, 3.8) is 0 Å². The fourth-order valence-electron chi connectivity index (χ4n) is 4.16. The summed E-state index contributed by atoms with van der Waals surface area (Å²) >= 11 is 0. The van der Waals surface area contributed by atoms with E-state index in [9.17, 15) is 19.2 Å². The summed E-state index contributed by atoms with van der Waals surface area (Å²) in [5.41, 5.74) is -1.17. The minimum Gasteiger partial charge on any atom is -0.359 e. The van der Waals surface area contributed by atoms with Gasteiger partial charge in [-0.15, -0.1) is 0 Å². The van der Waals surface area contributed by atoms with Crippen LogP contribution in [-0.4, -0.2) is 46.3 Å². The van der Waals surface area contributed by atoms with E-state index in [1.54, 1.807) is 19.9 Å². The van der Waals surface area contributed by atoms with Crippen molar-refractivity contribution in [1.82, 2.24) is 10.2 Å². The first kappa shape index (κ1) is 13.4. The molecule has 4 aliphatic rings. The molecular formula is C15H14N2O5. The van der Waals surface area contributed by atoms with Gasteiger partial charge in [0.25, 0.3) is 11.8 Å². The van der Waals surface area contributed by atoms with Crippen molar-refractivity contribution in [3.05, 3.63) is 23.8 Å². The molecule has 4 atom stereocenters. The second kappa shape index (κ2) is 3.73. The number of carbonyl (C=O) groups is 4. The van der Waals surface area contributed by atoms with Crippen LogP contribution in [0.5, 0.6) is 0 Å². The molecule has 2 saturated heterocycles. The van der Waals surface area contributed by atoms with Crippen molar-refractivity contribution in [1.29, 1.82) is 0 Å². The molecule has 4 heterocycles. The highest BCUT2D eigenvalue weighted by Gasteiger charge is 2.71. The SMILES string of the molecule is CC12C=C(CN3C(=O)C=CC3=O)C(C)(O1)[C@H]1C(=O)NC(=O)[C@H]12. The summed E-state index contributed by atoms with van der Waals surface area (Å²) in [6, 6.07) is 0. The van der Waals surface area contributed by atoms with Gasteiger partial charge in [0.2, 0.25) is 11.8 Å². The molecule has 0 saturated carbocycles. The first-order valence-electron chi connectivity index (χ1n) is 7.07. The largest absolute Gasteiger partial charge is 0.359 e. The van der Waals surface area contributed by atoms with Gasteiger partial charge in [-0.05, 0) is 25.5 Å². The third-order valence-electron chi connectivity index (χ3n) is 5.12. The zero-order valence-corrected chi connectivity index (χ0v) is 12.1. The Balaban J connectivity index is 1.72. The second-order valence-electron chi connectivity index (χ2n) is 6.47. The quantitative estimate of drug-likeness (QED) is 0.537. The lowest BCUT2D eigenvalue weighted by atomic mass is 9.69. The van der Waals surface area contributed by atoms with E-state index in [0.29, 0.717) is 5.57 Å². The van der Waals surface area contributed by atoms with Crippen molar-refractivity contribution in [2.24, 2.45) is 11.8 Å². The summed E-state index contributed by atoms with van der Waals surface area (Å²) in [5.74, 6) is -2.63. The lowest BCUT2D eigenvalue weighted by molar-refractivity contribution is -0.136. The fraction of sp³-hybridized carbons (Fsp3) is 0.467. The average molecular weight is 302 g/mol. The van der Waals surface area contributed by atoms with E-state index in [1.165, 1.54) is 12.2 Å². The third kappa shape index (κ3) is 1.39. The summed E-state index contributed by atoms with van der Waals surface area (Å²) in [4.78, 5) is 48.7. The van der Waals surface area contributed by atoms with Crippen LogP contribution < -0.4 is 5.32 Å². The van der Waals surface area contributed by atoms with Crippen molar-refractivity contribution in [3.8, 4) is 0 Å². The zero-order chi connectivity index (χ0) is 15.9. The van der Waals surface area contributed by atoms with Gasteiger partial charge >= 0.3 is 0 Å². The lowest BCUT2D eigenvalue weighted by Crippen LogP contribution is -2.44. The summed E-state index contributed by atoms with van der Waals surface area (Å²) < 4.78 is 6.00. The van der Waals surface area contributed by atoms with Crippen LogP contribution in [0.2, 0.25) is 0 Å². The third-order valence-corrected chi connectivity index (χ3v) is 5.12. The number of nitrogens with zero attached hydrogens (tertiary/aromatic N) is 1. The summed E-state index contributed by atoms with van der Waals surface area (Å²) in [6.07, 6.45) is 4.22. The van der Waals surface area contributed by atoms with Gasteiger partial charge in [0.15, 0.2) is 0 Å². The van der Waals surface area contributed by atoms with Crippen LogP contribution in [0.1, 0.15) is 13.8 Å². The van der Waals surface area contributed by atoms with E-state index in [0.717, 1.165) is 4.90 Å². The smallest absolute Gasteiger partial charge is 0.253 e. The number of rotatable bonds is 2. The number of imide groups is 2. The predicted octanol–water partition coefficient (Wildman–Crippen LogP) is -0.712. The molecule has 7 nitrogen and oxygen atoms in total. The Labute approximate surface area is 126 Å². The van der Waals surface area contributed by atoms with Crippen LogP contribution >= 0.6 is 0 Å². The Bertz CT molecular complexity index is 705. The number of fused-ring (bicyclic) bond motifs is 5. The molecule has 2 unspecified atom stereocenters. The number of carbonyl (C=O) groups excluding carboxylic acids is 4. The van der Waals surface area contributed by atoms with Gasteiger partial charge in [-0.3, -0.25) is 29.4 Å². The number of hydrogen-bond donors (Lipinski definition) is 1. The first-order chi connectivity index (χ1) is 10.3. The molecule has 4 amide bonds. The average Bonchev–Trinajstić information content (AvgIpc) is 3.05. The fourth-order valence-corrected chi connectivity index (χ4v) is 4.16. The Kier molecular flexibility index (Phi) is 2.27. The lowest BCUT2D eigenvalue weighted by Gasteiger charge is -2.31. The van der Waals surface area contributed by atoms with Crippen LogP contribution in [0.25, 0.3) is 0 Å². The van der Waals surface area contributed by atoms with Gasteiger partial charge in [-0.1, -0.05) is 0 Å². The minimum atomic E-state index is -0.973. The molecule has 0 spiro atoms. The van der Waals surface area contributed by atoms with E-state index < -0.39 is 23.0 Å². The molecule has 0 aliphatic carbocycles. The molecule has 0 radical (unpaired) electrons. The maximum absolute atomic E-state index is 12.1. The molecular weight excluding hydrogens is 288 g/mol. The molecule has 4 aliphatic heterocycles. The summed E-state index contributed by atoms with van der Waals surface area (Å²) in [5, 5.41) is 2.35. The van der Waals surface area contributed by atoms with Crippen molar-refractivity contribution >= 4 is 23.6 Å². The molecule has 2 fully saturated rings. The molecule has 4 rings (SSSR count). The van der Waals surface area contributed by atoms with Crippen molar-refractivity contribution < 1.29 is 23.9 Å². The normalized spacial score (nSPS) is 42.3.